The smallest absolute Gasteiger partial charge is 0.227 e. The van der Waals surface area contributed by atoms with Crippen LogP contribution >= 0.6 is 0 Å². The van der Waals surface area contributed by atoms with Gasteiger partial charge in [-0.3, -0.25) is 4.79 Å². The molecule has 1 heterocycles. The molecular formula is C13H24N2O. The minimum Gasteiger partial charge on any atom is -0.342 e. The second-order valence-corrected chi connectivity index (χ2v) is 5.78. The zero-order chi connectivity index (χ0) is 11.7. The molecule has 0 radical (unpaired) electrons. The van der Waals surface area contributed by atoms with Crippen LogP contribution in [0, 0.1) is 17.8 Å². The van der Waals surface area contributed by atoms with E-state index in [0.717, 1.165) is 32.4 Å². The molecule has 0 aromatic heterocycles. The SMILES string of the molecule is CC(C)C1CCN(C(=O)C2CCCC2N)C1. The van der Waals surface area contributed by atoms with Crippen molar-refractivity contribution in [3.63, 3.8) is 0 Å². The molecule has 3 atom stereocenters. The van der Waals surface area contributed by atoms with Crippen molar-refractivity contribution in [3.8, 4) is 0 Å². The van der Waals surface area contributed by atoms with Crippen molar-refractivity contribution in [2.45, 2.75) is 45.6 Å². The minimum absolute atomic E-state index is 0.116. The average molecular weight is 224 g/mol. The van der Waals surface area contributed by atoms with E-state index in [1.54, 1.807) is 0 Å². The Labute approximate surface area is 98.4 Å². The van der Waals surface area contributed by atoms with Gasteiger partial charge in [0.05, 0.1) is 5.92 Å². The third-order valence-electron chi connectivity index (χ3n) is 4.37. The molecule has 3 nitrogen and oxygen atoms in total. The van der Waals surface area contributed by atoms with Crippen molar-refractivity contribution in [2.75, 3.05) is 13.1 Å². The molecule has 0 bridgehead atoms. The highest BCUT2D eigenvalue weighted by Crippen LogP contribution is 2.30. The summed E-state index contributed by atoms with van der Waals surface area (Å²) < 4.78 is 0. The van der Waals surface area contributed by atoms with E-state index in [1.807, 2.05) is 0 Å². The molecule has 0 aromatic carbocycles. The normalized spacial score (nSPS) is 35.0. The van der Waals surface area contributed by atoms with Gasteiger partial charge in [-0.2, -0.15) is 0 Å². The van der Waals surface area contributed by atoms with Crippen LogP contribution in [0.4, 0.5) is 0 Å². The van der Waals surface area contributed by atoms with Gasteiger partial charge in [0.25, 0.3) is 0 Å². The fourth-order valence-corrected chi connectivity index (χ4v) is 3.06. The Balaban J connectivity index is 1.91. The van der Waals surface area contributed by atoms with Crippen LogP contribution in [0.1, 0.15) is 39.5 Å². The molecule has 2 fully saturated rings. The largest absolute Gasteiger partial charge is 0.342 e. The van der Waals surface area contributed by atoms with E-state index in [-0.39, 0.29) is 12.0 Å². The van der Waals surface area contributed by atoms with Gasteiger partial charge in [-0.05, 0) is 31.1 Å². The van der Waals surface area contributed by atoms with Crippen LogP contribution in [0.3, 0.4) is 0 Å². The molecule has 1 aliphatic carbocycles. The van der Waals surface area contributed by atoms with Gasteiger partial charge in [0.1, 0.15) is 0 Å². The second kappa shape index (κ2) is 4.74. The average Bonchev–Trinajstić information content (AvgIpc) is 2.84. The van der Waals surface area contributed by atoms with E-state index in [2.05, 4.69) is 18.7 Å². The molecule has 0 aromatic rings. The van der Waals surface area contributed by atoms with Crippen molar-refractivity contribution in [3.05, 3.63) is 0 Å². The third-order valence-corrected chi connectivity index (χ3v) is 4.37. The standard InChI is InChI=1S/C13H24N2O/c1-9(2)10-6-7-15(8-10)13(16)11-4-3-5-12(11)14/h9-12H,3-8,14H2,1-2H3. The van der Waals surface area contributed by atoms with Crippen molar-refractivity contribution >= 4 is 5.91 Å². The summed E-state index contributed by atoms with van der Waals surface area (Å²) in [5.41, 5.74) is 5.99. The first-order valence-corrected chi connectivity index (χ1v) is 6.64. The Morgan fingerprint density at radius 2 is 2.06 bits per heavy atom. The Hall–Kier alpha value is -0.570. The monoisotopic (exact) mass is 224 g/mol. The van der Waals surface area contributed by atoms with Gasteiger partial charge in [-0.25, -0.2) is 0 Å². The van der Waals surface area contributed by atoms with Crippen LogP contribution in [0.2, 0.25) is 0 Å². The van der Waals surface area contributed by atoms with Gasteiger partial charge in [-0.15, -0.1) is 0 Å². The molecule has 1 saturated heterocycles. The molecular weight excluding hydrogens is 200 g/mol. The molecule has 16 heavy (non-hydrogen) atoms. The molecule has 3 unspecified atom stereocenters. The summed E-state index contributed by atoms with van der Waals surface area (Å²) in [5.74, 6) is 1.83. The molecule has 92 valence electrons. The van der Waals surface area contributed by atoms with Gasteiger partial charge in [0.15, 0.2) is 0 Å². The Bertz CT molecular complexity index is 265. The molecule has 2 N–H and O–H groups in total. The van der Waals surface area contributed by atoms with Crippen LogP contribution in [0.15, 0.2) is 0 Å². The lowest BCUT2D eigenvalue weighted by molar-refractivity contribution is -0.134. The number of hydrogen-bond donors (Lipinski definition) is 1. The summed E-state index contributed by atoms with van der Waals surface area (Å²) in [4.78, 5) is 14.3. The lowest BCUT2D eigenvalue weighted by Gasteiger charge is -2.23. The summed E-state index contributed by atoms with van der Waals surface area (Å²) >= 11 is 0. The highest BCUT2D eigenvalue weighted by atomic mass is 16.2. The lowest BCUT2D eigenvalue weighted by atomic mass is 9.95. The zero-order valence-electron chi connectivity index (χ0n) is 10.5. The third kappa shape index (κ3) is 2.24. The van der Waals surface area contributed by atoms with Crippen LogP contribution in [0.25, 0.3) is 0 Å². The number of carbonyl (C=O) groups excluding carboxylic acids is 1. The van der Waals surface area contributed by atoms with Gasteiger partial charge >= 0.3 is 0 Å². The summed E-state index contributed by atoms with van der Waals surface area (Å²) in [6, 6.07) is 0.116. The second-order valence-electron chi connectivity index (χ2n) is 5.78. The highest BCUT2D eigenvalue weighted by molar-refractivity contribution is 5.80. The topological polar surface area (TPSA) is 46.3 Å². The van der Waals surface area contributed by atoms with Crippen molar-refractivity contribution in [1.82, 2.24) is 4.90 Å². The summed E-state index contributed by atoms with van der Waals surface area (Å²) in [6.07, 6.45) is 4.32. The van der Waals surface area contributed by atoms with Gasteiger partial charge in [0.2, 0.25) is 5.91 Å². The van der Waals surface area contributed by atoms with Crippen LogP contribution in [-0.4, -0.2) is 29.9 Å². The quantitative estimate of drug-likeness (QED) is 0.774. The number of likely N-dealkylation sites (tertiary alicyclic amines) is 1. The maximum atomic E-state index is 12.3. The highest BCUT2D eigenvalue weighted by Gasteiger charge is 2.36. The van der Waals surface area contributed by atoms with Crippen LogP contribution in [-0.2, 0) is 4.79 Å². The zero-order valence-corrected chi connectivity index (χ0v) is 10.5. The molecule has 2 aliphatic rings. The molecule has 0 spiro atoms. The Morgan fingerprint density at radius 3 is 2.56 bits per heavy atom. The van der Waals surface area contributed by atoms with E-state index in [1.165, 1.54) is 6.42 Å². The predicted molar refractivity (Wildman–Crippen MR) is 64.8 cm³/mol. The van der Waals surface area contributed by atoms with Gasteiger partial charge in [-0.1, -0.05) is 20.3 Å². The fourth-order valence-electron chi connectivity index (χ4n) is 3.06. The van der Waals surface area contributed by atoms with Crippen molar-refractivity contribution in [2.24, 2.45) is 23.5 Å². The maximum Gasteiger partial charge on any atom is 0.227 e. The maximum absolute atomic E-state index is 12.3. The number of hydrogen-bond acceptors (Lipinski definition) is 2. The first kappa shape index (κ1) is 11.9. The van der Waals surface area contributed by atoms with E-state index >= 15 is 0 Å². The number of nitrogens with zero attached hydrogens (tertiary/aromatic N) is 1. The Morgan fingerprint density at radius 1 is 1.31 bits per heavy atom. The first-order valence-electron chi connectivity index (χ1n) is 6.64. The van der Waals surface area contributed by atoms with Crippen LogP contribution < -0.4 is 5.73 Å². The fraction of sp³-hybridized carbons (Fsp3) is 0.923. The Kier molecular flexibility index (Phi) is 3.53. The summed E-state index contributed by atoms with van der Waals surface area (Å²) in [5, 5.41) is 0. The van der Waals surface area contributed by atoms with E-state index in [4.69, 9.17) is 5.73 Å². The molecule has 1 aliphatic heterocycles. The lowest BCUT2D eigenvalue weighted by Crippen LogP contribution is -2.40. The molecule has 3 heteroatoms. The molecule has 2 rings (SSSR count). The van der Waals surface area contributed by atoms with Gasteiger partial charge in [0, 0.05) is 19.1 Å². The molecule has 1 amide bonds. The van der Waals surface area contributed by atoms with Gasteiger partial charge < -0.3 is 10.6 Å². The summed E-state index contributed by atoms with van der Waals surface area (Å²) in [7, 11) is 0. The number of amides is 1. The number of nitrogens with two attached hydrogens (primary N) is 1. The van der Waals surface area contributed by atoms with Crippen molar-refractivity contribution < 1.29 is 4.79 Å². The number of rotatable bonds is 2. The van der Waals surface area contributed by atoms with Crippen LogP contribution in [0.5, 0.6) is 0 Å². The summed E-state index contributed by atoms with van der Waals surface area (Å²) in [6.45, 7) is 6.41. The van der Waals surface area contributed by atoms with E-state index in [0.29, 0.717) is 17.7 Å². The first-order chi connectivity index (χ1) is 7.59. The van der Waals surface area contributed by atoms with E-state index < -0.39 is 0 Å². The number of carbonyl (C=O) groups is 1. The minimum atomic E-state index is 0.116. The van der Waals surface area contributed by atoms with Crippen molar-refractivity contribution in [1.29, 1.82) is 0 Å². The molecule has 1 saturated carbocycles. The van der Waals surface area contributed by atoms with E-state index in [9.17, 15) is 4.79 Å². The predicted octanol–water partition coefficient (Wildman–Crippen LogP) is 1.62.